The summed E-state index contributed by atoms with van der Waals surface area (Å²) in [6.07, 6.45) is 2.59. The zero-order valence-corrected chi connectivity index (χ0v) is 15.0. The van der Waals surface area contributed by atoms with E-state index in [-0.39, 0.29) is 17.5 Å². The predicted octanol–water partition coefficient (Wildman–Crippen LogP) is 4.05. The van der Waals surface area contributed by atoms with E-state index in [0.29, 0.717) is 46.6 Å². The van der Waals surface area contributed by atoms with Gasteiger partial charge in [0.2, 0.25) is 0 Å². The third-order valence-corrected chi connectivity index (χ3v) is 5.30. The zero-order chi connectivity index (χ0) is 19.3. The number of rotatable bonds is 2. The number of Topliss-reactive ketones (excluding diaryl/α,β-unsaturated/α-hetero) is 1. The number of nitrogens with two attached hydrogens (primary N) is 1. The summed E-state index contributed by atoms with van der Waals surface area (Å²) in [6.45, 7) is 0. The minimum absolute atomic E-state index is 0.0118. The third-order valence-electron chi connectivity index (χ3n) is 5.30. The molecule has 0 radical (unpaired) electrons. The summed E-state index contributed by atoms with van der Waals surface area (Å²) < 4.78 is 15.4. The number of carbonyl (C=O) groups is 1. The summed E-state index contributed by atoms with van der Waals surface area (Å²) >= 11 is 0. The predicted molar refractivity (Wildman–Crippen MR) is 105 cm³/mol. The number of halogens is 1. The van der Waals surface area contributed by atoms with E-state index in [2.05, 4.69) is 4.98 Å². The molecule has 0 aliphatic heterocycles. The van der Waals surface area contributed by atoms with Crippen LogP contribution in [0.25, 0.3) is 16.9 Å². The van der Waals surface area contributed by atoms with E-state index in [4.69, 9.17) is 10.7 Å². The fourth-order valence-corrected chi connectivity index (χ4v) is 3.96. The Morgan fingerprint density at radius 2 is 1.89 bits per heavy atom. The monoisotopic (exact) mass is 372 g/mol. The molecule has 6 heteroatoms. The molecule has 4 aromatic rings. The number of nitrogen functional groups attached to an aromatic ring is 1. The van der Waals surface area contributed by atoms with Crippen LogP contribution in [0.15, 0.2) is 60.9 Å². The number of nitrogens with zero attached hydrogens (tertiary/aromatic N) is 3. The van der Waals surface area contributed by atoms with E-state index in [9.17, 15) is 9.18 Å². The first-order valence-electron chi connectivity index (χ1n) is 9.11. The van der Waals surface area contributed by atoms with Crippen molar-refractivity contribution in [3.63, 3.8) is 0 Å². The Balaban J connectivity index is 1.67. The van der Waals surface area contributed by atoms with Crippen LogP contribution in [-0.2, 0) is 6.42 Å². The Bertz CT molecular complexity index is 1220. The van der Waals surface area contributed by atoms with Crippen molar-refractivity contribution >= 4 is 22.6 Å². The second-order valence-corrected chi connectivity index (χ2v) is 7.05. The van der Waals surface area contributed by atoms with Crippen molar-refractivity contribution < 1.29 is 9.18 Å². The zero-order valence-electron chi connectivity index (χ0n) is 15.0. The summed E-state index contributed by atoms with van der Waals surface area (Å²) in [5, 5.41) is 0. The van der Waals surface area contributed by atoms with Crippen molar-refractivity contribution in [1.82, 2.24) is 14.5 Å². The van der Waals surface area contributed by atoms with Crippen LogP contribution < -0.4 is 5.73 Å². The Hall–Kier alpha value is -3.54. The van der Waals surface area contributed by atoms with Gasteiger partial charge in [0.15, 0.2) is 11.4 Å². The van der Waals surface area contributed by atoms with Gasteiger partial charge in [-0.05, 0) is 36.1 Å². The molecule has 0 amide bonds. The minimum Gasteiger partial charge on any atom is -0.396 e. The van der Waals surface area contributed by atoms with Crippen molar-refractivity contribution in [2.45, 2.75) is 18.8 Å². The molecule has 5 rings (SSSR count). The van der Waals surface area contributed by atoms with Crippen molar-refractivity contribution in [2.24, 2.45) is 0 Å². The first-order valence-corrected chi connectivity index (χ1v) is 9.11. The molecular weight excluding hydrogens is 355 g/mol. The third kappa shape index (κ3) is 2.57. The Kier molecular flexibility index (Phi) is 3.72. The second kappa shape index (κ2) is 6.27. The average Bonchev–Trinajstić information content (AvgIpc) is 3.12. The van der Waals surface area contributed by atoms with Gasteiger partial charge in [-0.2, -0.15) is 0 Å². The molecule has 2 N–H and O–H groups in total. The Morgan fingerprint density at radius 1 is 1.07 bits per heavy atom. The number of hydrogen-bond acceptors (Lipinski definition) is 4. The van der Waals surface area contributed by atoms with Crippen molar-refractivity contribution in [1.29, 1.82) is 0 Å². The SMILES string of the molecule is Nc1c2c(nc3c1ncn3-c1cccc(F)c1)C[C@H](c1ccccc1)CC2=O. The minimum atomic E-state index is -0.343. The van der Waals surface area contributed by atoms with Gasteiger partial charge < -0.3 is 5.73 Å². The van der Waals surface area contributed by atoms with Crippen LogP contribution in [-0.4, -0.2) is 20.3 Å². The lowest BCUT2D eigenvalue weighted by atomic mass is 9.81. The number of fused-ring (bicyclic) bond motifs is 2. The first kappa shape index (κ1) is 16.6. The summed E-state index contributed by atoms with van der Waals surface area (Å²) in [5.74, 6) is -0.289. The van der Waals surface area contributed by atoms with Gasteiger partial charge in [-0.25, -0.2) is 14.4 Å². The number of aromatic nitrogens is 3. The van der Waals surface area contributed by atoms with Crippen LogP contribution in [0.1, 0.15) is 34.0 Å². The number of pyridine rings is 1. The summed E-state index contributed by atoms with van der Waals surface area (Å²) in [6, 6.07) is 16.2. The van der Waals surface area contributed by atoms with E-state index in [1.165, 1.54) is 12.1 Å². The molecular formula is C22H17FN4O. The van der Waals surface area contributed by atoms with Crippen LogP contribution in [0, 0.1) is 5.82 Å². The first-order chi connectivity index (χ1) is 13.6. The van der Waals surface area contributed by atoms with Gasteiger partial charge in [0.05, 0.1) is 22.6 Å². The normalized spacial score (nSPS) is 16.3. The number of hydrogen-bond donors (Lipinski definition) is 1. The molecule has 1 aliphatic carbocycles. The highest BCUT2D eigenvalue weighted by atomic mass is 19.1. The quantitative estimate of drug-likeness (QED) is 0.576. The van der Waals surface area contributed by atoms with Crippen LogP contribution >= 0.6 is 0 Å². The van der Waals surface area contributed by atoms with Gasteiger partial charge >= 0.3 is 0 Å². The van der Waals surface area contributed by atoms with Gasteiger partial charge in [0.25, 0.3) is 0 Å². The van der Waals surface area contributed by atoms with E-state index in [1.54, 1.807) is 23.0 Å². The molecule has 138 valence electrons. The molecule has 0 saturated carbocycles. The highest BCUT2D eigenvalue weighted by Crippen LogP contribution is 2.37. The molecule has 0 fully saturated rings. The number of imidazole rings is 1. The van der Waals surface area contributed by atoms with E-state index >= 15 is 0 Å². The molecule has 0 spiro atoms. The van der Waals surface area contributed by atoms with Crippen LogP contribution in [0.2, 0.25) is 0 Å². The second-order valence-electron chi connectivity index (χ2n) is 7.05. The summed E-state index contributed by atoms with van der Waals surface area (Å²) in [5.41, 5.74) is 10.5. The molecule has 0 unspecified atom stereocenters. The van der Waals surface area contributed by atoms with Crippen molar-refractivity contribution in [3.05, 3.63) is 83.6 Å². The fourth-order valence-electron chi connectivity index (χ4n) is 3.96. The Morgan fingerprint density at radius 3 is 2.68 bits per heavy atom. The molecule has 0 bridgehead atoms. The molecule has 1 atom stereocenters. The van der Waals surface area contributed by atoms with E-state index in [1.807, 2.05) is 30.3 Å². The molecule has 2 aromatic heterocycles. The Labute approximate surface area is 160 Å². The van der Waals surface area contributed by atoms with E-state index in [0.717, 1.165) is 5.56 Å². The molecule has 2 heterocycles. The molecule has 0 saturated heterocycles. The smallest absolute Gasteiger partial charge is 0.167 e. The maximum atomic E-state index is 13.7. The van der Waals surface area contributed by atoms with Crippen LogP contribution in [0.5, 0.6) is 0 Å². The average molecular weight is 372 g/mol. The maximum Gasteiger partial charge on any atom is 0.167 e. The lowest BCUT2D eigenvalue weighted by Crippen LogP contribution is -2.22. The van der Waals surface area contributed by atoms with Crippen molar-refractivity contribution in [3.8, 4) is 5.69 Å². The molecule has 28 heavy (non-hydrogen) atoms. The number of ketones is 1. The van der Waals surface area contributed by atoms with Crippen molar-refractivity contribution in [2.75, 3.05) is 5.73 Å². The lowest BCUT2D eigenvalue weighted by molar-refractivity contribution is 0.0964. The highest BCUT2D eigenvalue weighted by Gasteiger charge is 2.31. The van der Waals surface area contributed by atoms with Gasteiger partial charge in [-0.15, -0.1) is 0 Å². The van der Waals surface area contributed by atoms with Crippen LogP contribution in [0.4, 0.5) is 10.1 Å². The summed E-state index contributed by atoms with van der Waals surface area (Å²) in [4.78, 5) is 21.9. The van der Waals surface area contributed by atoms with Gasteiger partial charge in [-0.3, -0.25) is 9.36 Å². The summed E-state index contributed by atoms with van der Waals surface area (Å²) in [7, 11) is 0. The molecule has 2 aromatic carbocycles. The van der Waals surface area contributed by atoms with Gasteiger partial charge in [0, 0.05) is 6.42 Å². The topological polar surface area (TPSA) is 73.8 Å². The van der Waals surface area contributed by atoms with Gasteiger partial charge in [0.1, 0.15) is 17.7 Å². The standard InChI is InChI=1S/C22H17FN4O/c23-15-7-4-8-16(11-15)27-12-25-21-20(24)19-17(26-22(21)27)9-14(10-18(19)28)13-5-2-1-3-6-13/h1-8,11-12,14H,9-10H2,(H2,24,26)/t14-/m0/s1. The number of anilines is 1. The van der Waals surface area contributed by atoms with Gasteiger partial charge in [-0.1, -0.05) is 36.4 Å². The maximum absolute atomic E-state index is 13.7. The largest absolute Gasteiger partial charge is 0.396 e. The molecule has 5 nitrogen and oxygen atoms in total. The lowest BCUT2D eigenvalue weighted by Gasteiger charge is -2.24. The number of benzene rings is 2. The highest BCUT2D eigenvalue weighted by molar-refractivity contribution is 6.08. The number of carbonyl (C=O) groups excluding carboxylic acids is 1. The fraction of sp³-hybridized carbons (Fsp3) is 0.136. The van der Waals surface area contributed by atoms with Crippen LogP contribution in [0.3, 0.4) is 0 Å². The van der Waals surface area contributed by atoms with E-state index < -0.39 is 0 Å². The molecule has 1 aliphatic rings.